The summed E-state index contributed by atoms with van der Waals surface area (Å²) in [6.07, 6.45) is 1.07. The first-order chi connectivity index (χ1) is 6.06. The highest BCUT2D eigenvalue weighted by Crippen LogP contribution is 2.23. The van der Waals surface area contributed by atoms with Crippen LogP contribution in [-0.2, 0) is 0 Å². The van der Waals surface area contributed by atoms with E-state index in [1.165, 1.54) is 0 Å². The van der Waals surface area contributed by atoms with Crippen molar-refractivity contribution in [2.24, 2.45) is 0 Å². The minimum Gasteiger partial charge on any atom is -0.289 e. The number of nitrogens with zero attached hydrogens (tertiary/aromatic N) is 2. The molecule has 6 heteroatoms. The lowest BCUT2D eigenvalue weighted by atomic mass is 10.2. The first-order valence-corrected chi connectivity index (χ1v) is 4.25. The third-order valence-corrected chi connectivity index (χ3v) is 1.94. The molecule has 0 bridgehead atoms. The molecule has 1 heterocycles. The Balaban J connectivity index is 3.36. The van der Waals surface area contributed by atoms with Crippen LogP contribution in [0.2, 0.25) is 15.6 Å². The highest BCUT2D eigenvalue weighted by molar-refractivity contribution is 6.40. The average Bonchev–Trinajstić information content (AvgIpc) is 2.02. The lowest BCUT2D eigenvalue weighted by Crippen LogP contribution is -2.00. The Morgan fingerprint density at radius 1 is 1.23 bits per heavy atom. The number of hydrogen-bond acceptors (Lipinski definition) is 3. The molecular weight excluding hydrogens is 234 g/mol. The lowest BCUT2D eigenvalue weighted by molar-refractivity contribution is 0.104. The number of ketones is 1. The molecule has 0 atom stereocenters. The molecule has 0 fully saturated rings. The van der Waals surface area contributed by atoms with Crippen LogP contribution < -0.4 is 0 Å². The van der Waals surface area contributed by atoms with Gasteiger partial charge < -0.3 is 0 Å². The fraction of sp³-hybridized carbons (Fsp3) is 0. The van der Waals surface area contributed by atoms with Gasteiger partial charge in [-0.15, -0.1) is 0 Å². The summed E-state index contributed by atoms with van der Waals surface area (Å²) in [5.41, 5.74) is 0.0164. The molecule has 0 spiro atoms. The number of allylic oxidation sites excluding steroid dienone is 1. The van der Waals surface area contributed by atoms with Gasteiger partial charge >= 0.3 is 0 Å². The molecular formula is C7H3Cl3N2O. The molecule has 0 aliphatic rings. The van der Waals surface area contributed by atoms with Gasteiger partial charge in [0.2, 0.25) is 5.28 Å². The topological polar surface area (TPSA) is 42.9 Å². The molecule has 0 N–H and O–H groups in total. The van der Waals surface area contributed by atoms with Crippen LogP contribution in [0.5, 0.6) is 0 Å². The van der Waals surface area contributed by atoms with Crippen molar-refractivity contribution in [3.8, 4) is 0 Å². The first-order valence-electron chi connectivity index (χ1n) is 3.11. The summed E-state index contributed by atoms with van der Waals surface area (Å²) >= 11 is 16.7. The summed E-state index contributed by atoms with van der Waals surface area (Å²) in [5.74, 6) is -0.438. The normalized spacial score (nSPS) is 9.77. The molecule has 13 heavy (non-hydrogen) atoms. The number of aromatic nitrogens is 2. The second kappa shape index (κ2) is 4.05. The zero-order valence-electron chi connectivity index (χ0n) is 6.22. The maximum Gasteiger partial charge on any atom is 0.225 e. The van der Waals surface area contributed by atoms with Gasteiger partial charge in [-0.05, 0) is 17.7 Å². The molecule has 0 aliphatic carbocycles. The third kappa shape index (κ3) is 2.18. The Kier molecular flexibility index (Phi) is 3.25. The number of carbonyl (C=O) groups excluding carboxylic acids is 1. The zero-order chi connectivity index (χ0) is 10.0. The van der Waals surface area contributed by atoms with Gasteiger partial charge in [0.25, 0.3) is 0 Å². The van der Waals surface area contributed by atoms with Crippen molar-refractivity contribution in [2.75, 3.05) is 0 Å². The Labute approximate surface area is 89.3 Å². The zero-order valence-corrected chi connectivity index (χ0v) is 8.49. The van der Waals surface area contributed by atoms with E-state index < -0.39 is 5.78 Å². The van der Waals surface area contributed by atoms with Crippen LogP contribution in [0.25, 0.3) is 0 Å². The van der Waals surface area contributed by atoms with E-state index in [2.05, 4.69) is 16.5 Å². The molecule has 0 amide bonds. The van der Waals surface area contributed by atoms with Crippen LogP contribution in [0.1, 0.15) is 10.4 Å². The van der Waals surface area contributed by atoms with Crippen LogP contribution >= 0.6 is 34.8 Å². The van der Waals surface area contributed by atoms with Crippen molar-refractivity contribution in [3.63, 3.8) is 0 Å². The third-order valence-electron chi connectivity index (χ3n) is 1.23. The van der Waals surface area contributed by atoms with Gasteiger partial charge in [-0.25, -0.2) is 9.97 Å². The fourth-order valence-corrected chi connectivity index (χ4v) is 1.52. The van der Waals surface area contributed by atoms with Crippen LogP contribution in [0, 0.1) is 0 Å². The average molecular weight is 237 g/mol. The first kappa shape index (κ1) is 10.4. The van der Waals surface area contributed by atoms with E-state index in [1.807, 2.05) is 0 Å². The molecule has 0 aromatic carbocycles. The van der Waals surface area contributed by atoms with Crippen LogP contribution in [0.15, 0.2) is 12.7 Å². The van der Waals surface area contributed by atoms with E-state index >= 15 is 0 Å². The number of rotatable bonds is 2. The summed E-state index contributed by atoms with van der Waals surface area (Å²) in [5, 5.41) is -0.250. The molecule has 0 radical (unpaired) electrons. The summed E-state index contributed by atoms with van der Waals surface area (Å²) in [7, 11) is 0. The maximum atomic E-state index is 11.2. The highest BCUT2D eigenvalue weighted by Gasteiger charge is 2.15. The standard InChI is InChI=1S/C7H3Cl3N2O/c1-2-3(13)4-5(8)11-7(10)12-6(4)9/h2H,1H2. The van der Waals surface area contributed by atoms with Gasteiger partial charge in [0.1, 0.15) is 10.3 Å². The van der Waals surface area contributed by atoms with E-state index in [0.29, 0.717) is 0 Å². The monoisotopic (exact) mass is 236 g/mol. The number of carbonyl (C=O) groups is 1. The second-order valence-electron chi connectivity index (χ2n) is 2.02. The Morgan fingerprint density at radius 3 is 2.08 bits per heavy atom. The van der Waals surface area contributed by atoms with Gasteiger partial charge in [0, 0.05) is 0 Å². The van der Waals surface area contributed by atoms with Gasteiger partial charge in [0.05, 0.1) is 5.56 Å². The number of halogens is 3. The van der Waals surface area contributed by atoms with Crippen molar-refractivity contribution < 1.29 is 4.79 Å². The van der Waals surface area contributed by atoms with Crippen molar-refractivity contribution in [2.45, 2.75) is 0 Å². The Hall–Kier alpha value is -0.640. The molecule has 1 aromatic rings. The molecule has 0 saturated carbocycles. The molecule has 1 aromatic heterocycles. The molecule has 0 aliphatic heterocycles. The van der Waals surface area contributed by atoms with E-state index in [1.54, 1.807) is 0 Å². The summed E-state index contributed by atoms with van der Waals surface area (Å²) in [6.45, 7) is 3.29. The van der Waals surface area contributed by atoms with Crippen LogP contribution in [0.4, 0.5) is 0 Å². The molecule has 0 saturated heterocycles. The minimum atomic E-state index is -0.438. The van der Waals surface area contributed by atoms with Gasteiger partial charge in [0.15, 0.2) is 5.78 Å². The summed E-state index contributed by atoms with van der Waals surface area (Å²) < 4.78 is 0. The van der Waals surface area contributed by atoms with Crippen LogP contribution in [0.3, 0.4) is 0 Å². The van der Waals surface area contributed by atoms with Crippen LogP contribution in [-0.4, -0.2) is 15.8 Å². The predicted molar refractivity (Wildman–Crippen MR) is 51.6 cm³/mol. The SMILES string of the molecule is C=CC(=O)c1c(Cl)nc(Cl)nc1Cl. The van der Waals surface area contributed by atoms with Gasteiger partial charge in [-0.3, -0.25) is 4.79 Å². The lowest BCUT2D eigenvalue weighted by Gasteiger charge is -2.00. The second-order valence-corrected chi connectivity index (χ2v) is 3.07. The van der Waals surface area contributed by atoms with E-state index in [4.69, 9.17) is 34.8 Å². The van der Waals surface area contributed by atoms with Gasteiger partial charge in [-0.1, -0.05) is 29.8 Å². The van der Waals surface area contributed by atoms with Crippen molar-refractivity contribution in [3.05, 3.63) is 33.8 Å². The quantitative estimate of drug-likeness (QED) is 0.344. The Bertz CT molecular complexity index is 355. The van der Waals surface area contributed by atoms with E-state index in [-0.39, 0.29) is 21.2 Å². The van der Waals surface area contributed by atoms with E-state index in [9.17, 15) is 4.79 Å². The maximum absolute atomic E-state index is 11.2. The minimum absolute atomic E-state index is 0.0164. The smallest absolute Gasteiger partial charge is 0.225 e. The van der Waals surface area contributed by atoms with Gasteiger partial charge in [-0.2, -0.15) is 0 Å². The molecule has 68 valence electrons. The fourth-order valence-electron chi connectivity index (χ4n) is 0.689. The largest absolute Gasteiger partial charge is 0.289 e. The molecule has 1 rings (SSSR count). The molecule has 3 nitrogen and oxygen atoms in total. The van der Waals surface area contributed by atoms with E-state index in [0.717, 1.165) is 6.08 Å². The highest BCUT2D eigenvalue weighted by atomic mass is 35.5. The summed E-state index contributed by atoms with van der Waals surface area (Å²) in [6, 6.07) is 0. The molecule has 0 unspecified atom stereocenters. The van der Waals surface area contributed by atoms with Crippen molar-refractivity contribution >= 4 is 40.6 Å². The van der Waals surface area contributed by atoms with Crippen molar-refractivity contribution in [1.29, 1.82) is 0 Å². The Morgan fingerprint density at radius 2 is 1.69 bits per heavy atom. The predicted octanol–water partition coefficient (Wildman–Crippen LogP) is 2.81. The number of hydrogen-bond donors (Lipinski definition) is 0. The van der Waals surface area contributed by atoms with Crippen molar-refractivity contribution in [1.82, 2.24) is 9.97 Å². The summed E-state index contributed by atoms with van der Waals surface area (Å²) in [4.78, 5) is 18.3.